The van der Waals surface area contributed by atoms with Crippen LogP contribution >= 0.6 is 0 Å². The molecule has 0 saturated carbocycles. The van der Waals surface area contributed by atoms with Crippen LogP contribution in [0.5, 0.6) is 0 Å². The first-order valence-electron chi connectivity index (χ1n) is 26.7. The molecule has 0 bridgehead atoms. The molecule has 0 fully saturated rings. The molecule has 0 radical (unpaired) electrons. The third-order valence-corrected chi connectivity index (χ3v) is 12.3. The Labute approximate surface area is 370 Å². The summed E-state index contributed by atoms with van der Waals surface area (Å²) in [4.78, 5) is 12.4. The highest BCUT2D eigenvalue weighted by atomic mass is 16.3. The van der Waals surface area contributed by atoms with Gasteiger partial charge < -0.3 is 15.5 Å². The summed E-state index contributed by atoms with van der Waals surface area (Å²) in [7, 11) is 0. The van der Waals surface area contributed by atoms with Crippen molar-refractivity contribution in [2.24, 2.45) is 0 Å². The standard InChI is InChI=1S/C55H105NO3/c1-3-5-7-9-11-13-15-17-19-20-21-22-23-24-25-26-27-28-29-30-31-32-33-34-35-36-37-39-41-43-45-47-49-51-55(59)56-53(52-57)54(58)50-48-46-44-42-40-38-18-16-14-12-10-8-6-4-2/h24-25,40,42,48,50,53-54,57-58H,3-23,26-39,41,43-47,49,51-52H2,1-2H3,(H,56,59)/b25-24-,42-40+,50-48+. The zero-order valence-corrected chi connectivity index (χ0v) is 40.0. The average Bonchev–Trinajstić information content (AvgIpc) is 3.24. The zero-order valence-electron chi connectivity index (χ0n) is 40.0. The molecule has 0 aliphatic rings. The van der Waals surface area contributed by atoms with Crippen molar-refractivity contribution in [2.45, 2.75) is 302 Å². The van der Waals surface area contributed by atoms with Crippen LogP contribution in [0.25, 0.3) is 0 Å². The van der Waals surface area contributed by atoms with Crippen LogP contribution in [-0.2, 0) is 4.79 Å². The first kappa shape index (κ1) is 57.6. The summed E-state index contributed by atoms with van der Waals surface area (Å²) >= 11 is 0. The average molecular weight is 828 g/mol. The van der Waals surface area contributed by atoms with E-state index in [1.54, 1.807) is 6.08 Å². The lowest BCUT2D eigenvalue weighted by molar-refractivity contribution is -0.123. The predicted octanol–water partition coefficient (Wildman–Crippen LogP) is 17.3. The molecule has 1 amide bonds. The van der Waals surface area contributed by atoms with Crippen LogP contribution in [-0.4, -0.2) is 34.9 Å². The first-order valence-corrected chi connectivity index (χ1v) is 26.7. The molecule has 4 heteroatoms. The number of unbranched alkanes of at least 4 members (excludes halogenated alkanes) is 38. The minimum Gasteiger partial charge on any atom is -0.394 e. The van der Waals surface area contributed by atoms with Crippen molar-refractivity contribution in [3.05, 3.63) is 36.5 Å². The van der Waals surface area contributed by atoms with Crippen LogP contribution < -0.4 is 5.32 Å². The molecule has 2 unspecified atom stereocenters. The zero-order chi connectivity index (χ0) is 42.8. The first-order chi connectivity index (χ1) is 29.2. The molecule has 348 valence electrons. The van der Waals surface area contributed by atoms with Gasteiger partial charge in [0.1, 0.15) is 0 Å². The number of carbonyl (C=O) groups excluding carboxylic acids is 1. The molecule has 59 heavy (non-hydrogen) atoms. The minimum absolute atomic E-state index is 0.0706. The molecule has 0 spiro atoms. The van der Waals surface area contributed by atoms with Gasteiger partial charge in [-0.1, -0.05) is 262 Å². The van der Waals surface area contributed by atoms with E-state index in [1.807, 2.05) is 6.08 Å². The third-order valence-electron chi connectivity index (χ3n) is 12.3. The van der Waals surface area contributed by atoms with Gasteiger partial charge in [-0.25, -0.2) is 0 Å². The van der Waals surface area contributed by atoms with Crippen molar-refractivity contribution in [1.82, 2.24) is 5.32 Å². The number of aliphatic hydroxyl groups excluding tert-OH is 2. The van der Waals surface area contributed by atoms with Crippen molar-refractivity contribution >= 4 is 5.91 Å². The monoisotopic (exact) mass is 828 g/mol. The Morgan fingerprint density at radius 1 is 0.390 bits per heavy atom. The number of nitrogens with one attached hydrogen (secondary N) is 1. The van der Waals surface area contributed by atoms with Crippen molar-refractivity contribution in [2.75, 3.05) is 6.61 Å². The molecule has 0 aromatic rings. The van der Waals surface area contributed by atoms with Gasteiger partial charge in [0.25, 0.3) is 0 Å². The summed E-state index contributed by atoms with van der Waals surface area (Å²) in [5.41, 5.74) is 0. The summed E-state index contributed by atoms with van der Waals surface area (Å²) in [6, 6.07) is -0.637. The van der Waals surface area contributed by atoms with Crippen LogP contribution in [0.3, 0.4) is 0 Å². The molecule has 0 aliphatic heterocycles. The Morgan fingerprint density at radius 2 is 0.661 bits per heavy atom. The van der Waals surface area contributed by atoms with E-state index in [2.05, 4.69) is 43.5 Å². The maximum absolute atomic E-state index is 12.4. The van der Waals surface area contributed by atoms with E-state index in [1.165, 1.54) is 238 Å². The molecule has 2 atom stereocenters. The van der Waals surface area contributed by atoms with Crippen molar-refractivity contribution in [3.8, 4) is 0 Å². The van der Waals surface area contributed by atoms with Gasteiger partial charge in [0.05, 0.1) is 18.8 Å². The Bertz CT molecular complexity index is 897. The fourth-order valence-corrected chi connectivity index (χ4v) is 8.25. The molecule has 0 rings (SSSR count). The fourth-order valence-electron chi connectivity index (χ4n) is 8.25. The second-order valence-electron chi connectivity index (χ2n) is 18.3. The quantitative estimate of drug-likeness (QED) is 0.0423. The Morgan fingerprint density at radius 3 is 0.983 bits per heavy atom. The Balaban J connectivity index is 3.44. The lowest BCUT2D eigenvalue weighted by atomic mass is 10.0. The molecule has 0 aromatic heterocycles. The molecule has 0 saturated heterocycles. The van der Waals surface area contributed by atoms with E-state index in [0.717, 1.165) is 32.1 Å². The van der Waals surface area contributed by atoms with Gasteiger partial charge in [-0.15, -0.1) is 0 Å². The van der Waals surface area contributed by atoms with E-state index in [4.69, 9.17) is 0 Å². The number of carbonyl (C=O) groups is 1. The third kappa shape index (κ3) is 47.5. The van der Waals surface area contributed by atoms with Crippen molar-refractivity contribution in [3.63, 3.8) is 0 Å². The van der Waals surface area contributed by atoms with E-state index < -0.39 is 12.1 Å². The topological polar surface area (TPSA) is 69.6 Å². The van der Waals surface area contributed by atoms with Gasteiger partial charge in [-0.2, -0.15) is 0 Å². The molecular formula is C55H105NO3. The van der Waals surface area contributed by atoms with E-state index in [-0.39, 0.29) is 12.5 Å². The van der Waals surface area contributed by atoms with Crippen LogP contribution in [0.15, 0.2) is 36.5 Å². The minimum atomic E-state index is -0.860. The second kappa shape index (κ2) is 51.0. The van der Waals surface area contributed by atoms with E-state index in [0.29, 0.717) is 6.42 Å². The highest BCUT2D eigenvalue weighted by Crippen LogP contribution is 2.16. The number of hydrogen-bond donors (Lipinski definition) is 3. The van der Waals surface area contributed by atoms with Crippen molar-refractivity contribution in [1.29, 1.82) is 0 Å². The highest BCUT2D eigenvalue weighted by Gasteiger charge is 2.17. The van der Waals surface area contributed by atoms with Crippen LogP contribution in [0.2, 0.25) is 0 Å². The van der Waals surface area contributed by atoms with Crippen molar-refractivity contribution < 1.29 is 15.0 Å². The van der Waals surface area contributed by atoms with Gasteiger partial charge in [0, 0.05) is 6.42 Å². The van der Waals surface area contributed by atoms with E-state index >= 15 is 0 Å². The summed E-state index contributed by atoms with van der Waals surface area (Å²) in [5, 5.41) is 23.0. The molecule has 0 heterocycles. The maximum atomic E-state index is 12.4. The number of rotatable bonds is 49. The van der Waals surface area contributed by atoms with Gasteiger partial charge in [0.2, 0.25) is 5.91 Å². The second-order valence-corrected chi connectivity index (χ2v) is 18.3. The number of allylic oxidation sites excluding steroid dienone is 5. The van der Waals surface area contributed by atoms with E-state index in [9.17, 15) is 15.0 Å². The summed E-state index contributed by atoms with van der Waals surface area (Å²) in [6.45, 7) is 4.31. The van der Waals surface area contributed by atoms with Crippen LogP contribution in [0.4, 0.5) is 0 Å². The van der Waals surface area contributed by atoms with Gasteiger partial charge in [-0.3, -0.25) is 4.79 Å². The Kier molecular flexibility index (Phi) is 49.8. The largest absolute Gasteiger partial charge is 0.394 e. The molecule has 0 aromatic carbocycles. The van der Waals surface area contributed by atoms with Crippen LogP contribution in [0, 0.1) is 0 Å². The maximum Gasteiger partial charge on any atom is 0.220 e. The SMILES string of the molecule is CCCCCCCCCC/C=C/CC/C=C/C(O)C(CO)NC(=O)CCCCCCCCCCCCCCCCCCC/C=C\CCCCCCCCCCCCCC. The van der Waals surface area contributed by atoms with Gasteiger partial charge in [-0.05, 0) is 57.8 Å². The molecule has 4 nitrogen and oxygen atoms in total. The van der Waals surface area contributed by atoms with Gasteiger partial charge >= 0.3 is 0 Å². The molecule has 3 N–H and O–H groups in total. The van der Waals surface area contributed by atoms with Crippen LogP contribution in [0.1, 0.15) is 290 Å². The smallest absolute Gasteiger partial charge is 0.220 e. The summed E-state index contributed by atoms with van der Waals surface area (Å²) in [6.07, 6.45) is 68.8. The normalized spacial score (nSPS) is 13.1. The number of amides is 1. The number of hydrogen-bond acceptors (Lipinski definition) is 3. The lowest BCUT2D eigenvalue weighted by Crippen LogP contribution is -2.45. The molecule has 0 aliphatic carbocycles. The lowest BCUT2D eigenvalue weighted by Gasteiger charge is -2.19. The Hall–Kier alpha value is -1.39. The van der Waals surface area contributed by atoms with Gasteiger partial charge in [0.15, 0.2) is 0 Å². The summed E-state index contributed by atoms with van der Waals surface area (Å²) < 4.78 is 0. The number of aliphatic hydroxyl groups is 2. The summed E-state index contributed by atoms with van der Waals surface area (Å²) in [5.74, 6) is -0.0706. The highest BCUT2D eigenvalue weighted by molar-refractivity contribution is 5.76. The predicted molar refractivity (Wildman–Crippen MR) is 262 cm³/mol. The molecular weight excluding hydrogens is 723 g/mol. The fraction of sp³-hybridized carbons (Fsp3) is 0.873.